The minimum atomic E-state index is 0.432. The van der Waals surface area contributed by atoms with E-state index in [-0.39, 0.29) is 0 Å². The van der Waals surface area contributed by atoms with Crippen LogP contribution in [0.15, 0.2) is 47.6 Å². The molecule has 8 rings (SSSR count). The second kappa shape index (κ2) is 8.31. The van der Waals surface area contributed by atoms with E-state index < -0.39 is 0 Å². The molecule has 6 aliphatic rings. The highest BCUT2D eigenvalue weighted by atomic mass is 16.5. The van der Waals surface area contributed by atoms with Crippen molar-refractivity contribution in [3.8, 4) is 0 Å². The third-order valence-electron chi connectivity index (χ3n) is 7.22. The van der Waals surface area contributed by atoms with Crippen molar-refractivity contribution in [1.29, 1.82) is 0 Å². The third-order valence-corrected chi connectivity index (χ3v) is 7.22. The lowest BCUT2D eigenvalue weighted by Crippen LogP contribution is -2.34. The van der Waals surface area contributed by atoms with Crippen molar-refractivity contribution < 1.29 is 4.74 Å². The number of aryl methyl sites for hydroxylation is 4. The molecule has 2 aromatic carbocycles. The maximum atomic E-state index is 5.51. The van der Waals surface area contributed by atoms with Gasteiger partial charge in [0.2, 0.25) is 0 Å². The minimum Gasteiger partial charge on any atom is -0.382 e. The molecule has 0 N–H and O–H groups in total. The molecule has 152 valence electrons. The first-order valence-electron chi connectivity index (χ1n) is 11.3. The Kier molecular flexibility index (Phi) is 5.41. The van der Waals surface area contributed by atoms with E-state index in [0.717, 1.165) is 38.2 Å². The van der Waals surface area contributed by atoms with Crippen molar-refractivity contribution >= 4 is 6.21 Å². The van der Waals surface area contributed by atoms with Gasteiger partial charge < -0.3 is 4.74 Å². The summed E-state index contributed by atoms with van der Waals surface area (Å²) in [4.78, 5) is 0. The van der Waals surface area contributed by atoms with Crippen molar-refractivity contribution in [2.75, 3.05) is 13.7 Å². The van der Waals surface area contributed by atoms with Crippen molar-refractivity contribution in [2.24, 2.45) is 11.0 Å². The van der Waals surface area contributed by atoms with Gasteiger partial charge in [0, 0.05) is 7.11 Å². The molecule has 4 bridgehead atoms. The van der Waals surface area contributed by atoms with E-state index in [2.05, 4.69) is 53.7 Å². The molecule has 3 heteroatoms. The van der Waals surface area contributed by atoms with E-state index in [1.165, 1.54) is 53.5 Å². The number of fused-ring (bicyclic) bond motifs is 1. The lowest BCUT2D eigenvalue weighted by Gasteiger charge is -2.26. The molecule has 3 atom stereocenters. The average Bonchev–Trinajstić information content (AvgIpc) is 3.31. The van der Waals surface area contributed by atoms with Crippen LogP contribution < -0.4 is 0 Å². The van der Waals surface area contributed by atoms with Gasteiger partial charge >= 0.3 is 0 Å². The average molecular weight is 389 g/mol. The Hall–Kier alpha value is -2.13. The van der Waals surface area contributed by atoms with Crippen LogP contribution in [-0.4, -0.2) is 37.0 Å². The molecule has 1 saturated carbocycles. The quantitative estimate of drug-likeness (QED) is 0.703. The number of methoxy groups -OCH3 is 1. The molecule has 1 aliphatic heterocycles. The predicted molar refractivity (Wildman–Crippen MR) is 119 cm³/mol. The standard InChI is InChI=1S/C26H32N2O/c1-29-18-25-16-23-3-2-4-26(23)28(25)27-17-24-15-21-10-9-19-5-7-20(8-6-19)11-13-22(24)14-12-21/h5-8,12,14-15,17,23,25-26H,2-4,9-11,13,16,18H2,1H3/b27-17+/t23-,25-,26-/m1/s1. The summed E-state index contributed by atoms with van der Waals surface area (Å²) in [5, 5.41) is 7.46. The number of ether oxygens (including phenoxy) is 1. The van der Waals surface area contributed by atoms with Gasteiger partial charge in [0.1, 0.15) is 0 Å². The Balaban J connectivity index is 1.41. The Bertz CT molecular complexity index is 873. The summed E-state index contributed by atoms with van der Waals surface area (Å²) in [6.07, 6.45) is 11.7. The number of nitrogens with zero attached hydrogens (tertiary/aromatic N) is 2. The van der Waals surface area contributed by atoms with Crippen LogP contribution in [0.25, 0.3) is 0 Å². The summed E-state index contributed by atoms with van der Waals surface area (Å²) in [7, 11) is 1.81. The zero-order chi connectivity index (χ0) is 19.6. The van der Waals surface area contributed by atoms with Crippen molar-refractivity contribution in [1.82, 2.24) is 5.01 Å². The van der Waals surface area contributed by atoms with Crippen LogP contribution in [0, 0.1) is 5.92 Å². The Labute approximate surface area is 174 Å². The summed E-state index contributed by atoms with van der Waals surface area (Å²) >= 11 is 0. The lowest BCUT2D eigenvalue weighted by atomic mass is 9.94. The van der Waals surface area contributed by atoms with Crippen molar-refractivity contribution in [3.63, 3.8) is 0 Å². The fourth-order valence-electron chi connectivity index (χ4n) is 5.60. The molecule has 0 spiro atoms. The van der Waals surface area contributed by atoms with E-state index in [4.69, 9.17) is 9.84 Å². The molecular formula is C26H32N2O. The molecule has 0 unspecified atom stereocenters. The van der Waals surface area contributed by atoms with Crippen molar-refractivity contribution in [3.05, 3.63) is 70.3 Å². The maximum Gasteiger partial charge on any atom is 0.0710 e. The monoisotopic (exact) mass is 388 g/mol. The first-order valence-corrected chi connectivity index (χ1v) is 11.3. The minimum absolute atomic E-state index is 0.432. The lowest BCUT2D eigenvalue weighted by molar-refractivity contribution is 0.0983. The Morgan fingerprint density at radius 2 is 1.69 bits per heavy atom. The molecule has 2 fully saturated rings. The van der Waals surface area contributed by atoms with Crippen LogP contribution in [0.1, 0.15) is 53.5 Å². The van der Waals surface area contributed by atoms with Crippen LogP contribution >= 0.6 is 0 Å². The summed E-state index contributed by atoms with van der Waals surface area (Å²) in [5.74, 6) is 0.804. The van der Waals surface area contributed by atoms with Gasteiger partial charge in [-0.15, -0.1) is 0 Å². The third kappa shape index (κ3) is 3.98. The smallest absolute Gasteiger partial charge is 0.0710 e. The van der Waals surface area contributed by atoms with E-state index in [0.29, 0.717) is 12.1 Å². The normalized spacial score (nSPS) is 26.1. The van der Waals surface area contributed by atoms with E-state index in [9.17, 15) is 0 Å². The van der Waals surface area contributed by atoms with Gasteiger partial charge in [-0.2, -0.15) is 5.10 Å². The first kappa shape index (κ1) is 18.9. The second-order valence-electron chi connectivity index (χ2n) is 9.08. The predicted octanol–water partition coefficient (Wildman–Crippen LogP) is 4.79. The number of hydrogen-bond acceptors (Lipinski definition) is 3. The highest BCUT2D eigenvalue weighted by Gasteiger charge is 2.43. The van der Waals surface area contributed by atoms with E-state index in [1.54, 1.807) is 0 Å². The Morgan fingerprint density at radius 3 is 2.48 bits per heavy atom. The van der Waals surface area contributed by atoms with Gasteiger partial charge in [0.15, 0.2) is 0 Å². The van der Waals surface area contributed by atoms with E-state index in [1.807, 2.05) is 7.11 Å². The number of hydrazone groups is 1. The highest BCUT2D eigenvalue weighted by Crippen LogP contribution is 2.41. The summed E-state index contributed by atoms with van der Waals surface area (Å²) < 4.78 is 5.51. The van der Waals surface area contributed by atoms with Crippen LogP contribution in [0.2, 0.25) is 0 Å². The fourth-order valence-corrected chi connectivity index (χ4v) is 5.60. The molecule has 2 aromatic rings. The van der Waals surface area contributed by atoms with Gasteiger partial charge in [-0.3, -0.25) is 5.01 Å². The molecule has 0 aromatic heterocycles. The molecule has 3 nitrogen and oxygen atoms in total. The fraction of sp³-hybridized carbons (Fsp3) is 0.500. The van der Waals surface area contributed by atoms with Crippen LogP contribution in [0.4, 0.5) is 0 Å². The van der Waals surface area contributed by atoms with Gasteiger partial charge in [-0.1, -0.05) is 42.8 Å². The SMILES string of the molecule is COC[C@H]1C[C@H]2CCC[C@H]2N1/N=C/c1cc2ccc1CCc1ccc(cc1)CC2. The number of hydrogen-bond donors (Lipinski definition) is 0. The highest BCUT2D eigenvalue weighted by molar-refractivity contribution is 5.82. The van der Waals surface area contributed by atoms with Gasteiger partial charge in [0.05, 0.1) is 24.9 Å². The topological polar surface area (TPSA) is 24.8 Å². The van der Waals surface area contributed by atoms with Gasteiger partial charge in [0.25, 0.3) is 0 Å². The summed E-state index contributed by atoms with van der Waals surface area (Å²) in [6, 6.07) is 17.3. The summed E-state index contributed by atoms with van der Waals surface area (Å²) in [5.41, 5.74) is 6.98. The largest absolute Gasteiger partial charge is 0.382 e. The van der Waals surface area contributed by atoms with Crippen LogP contribution in [0.3, 0.4) is 0 Å². The van der Waals surface area contributed by atoms with E-state index >= 15 is 0 Å². The van der Waals surface area contributed by atoms with Crippen LogP contribution in [0.5, 0.6) is 0 Å². The first-order chi connectivity index (χ1) is 14.3. The molecule has 0 amide bonds. The maximum absolute atomic E-state index is 5.51. The van der Waals surface area contributed by atoms with Gasteiger partial charge in [-0.25, -0.2) is 0 Å². The molecule has 1 heterocycles. The zero-order valence-electron chi connectivity index (χ0n) is 17.5. The van der Waals surface area contributed by atoms with Crippen molar-refractivity contribution in [2.45, 2.75) is 63.5 Å². The second-order valence-corrected chi connectivity index (χ2v) is 9.08. The molecular weight excluding hydrogens is 356 g/mol. The number of rotatable bonds is 4. The van der Waals surface area contributed by atoms with Crippen LogP contribution in [-0.2, 0) is 30.4 Å². The molecule has 1 saturated heterocycles. The summed E-state index contributed by atoms with van der Waals surface area (Å²) in [6.45, 7) is 0.785. The number of benzene rings is 2. The Morgan fingerprint density at radius 1 is 0.966 bits per heavy atom. The molecule has 5 aliphatic carbocycles. The molecule has 29 heavy (non-hydrogen) atoms. The van der Waals surface area contributed by atoms with Gasteiger partial charge in [-0.05, 0) is 84.7 Å². The molecule has 0 radical (unpaired) electrons. The zero-order valence-corrected chi connectivity index (χ0v) is 17.5.